The maximum atomic E-state index is 12.1. The molecule has 1 aromatic heterocycles. The maximum Gasteiger partial charge on any atom is 0.230 e. The second kappa shape index (κ2) is 9.57. The van der Waals surface area contributed by atoms with Crippen molar-refractivity contribution < 1.29 is 9.53 Å². The SMILES string of the molecule is COCCNC(=O)CSc1nc(-c2ccc(C)cc2)[nH]c1-c1ccc(C)cc1. The Morgan fingerprint density at radius 1 is 1.04 bits per heavy atom. The van der Waals surface area contributed by atoms with Crippen molar-refractivity contribution in [1.29, 1.82) is 0 Å². The van der Waals surface area contributed by atoms with Crippen molar-refractivity contribution >= 4 is 17.7 Å². The second-order valence-electron chi connectivity index (χ2n) is 6.63. The van der Waals surface area contributed by atoms with Gasteiger partial charge < -0.3 is 15.0 Å². The summed E-state index contributed by atoms with van der Waals surface area (Å²) in [6.07, 6.45) is 0. The van der Waals surface area contributed by atoms with E-state index in [-0.39, 0.29) is 5.91 Å². The van der Waals surface area contributed by atoms with Gasteiger partial charge in [-0.05, 0) is 13.8 Å². The van der Waals surface area contributed by atoms with Gasteiger partial charge in [0.25, 0.3) is 0 Å². The van der Waals surface area contributed by atoms with Crippen LogP contribution in [0.4, 0.5) is 0 Å². The number of nitrogens with one attached hydrogen (secondary N) is 2. The summed E-state index contributed by atoms with van der Waals surface area (Å²) >= 11 is 1.44. The van der Waals surface area contributed by atoms with Gasteiger partial charge in [0, 0.05) is 24.8 Å². The van der Waals surface area contributed by atoms with Gasteiger partial charge in [-0.2, -0.15) is 0 Å². The lowest BCUT2D eigenvalue weighted by Gasteiger charge is -2.05. The molecule has 3 rings (SSSR count). The van der Waals surface area contributed by atoms with Crippen LogP contribution in [0.1, 0.15) is 11.1 Å². The Hall–Kier alpha value is -2.57. The van der Waals surface area contributed by atoms with Crippen LogP contribution in [-0.2, 0) is 9.53 Å². The van der Waals surface area contributed by atoms with Gasteiger partial charge in [0.2, 0.25) is 5.91 Å². The quantitative estimate of drug-likeness (QED) is 0.443. The first kappa shape index (κ1) is 20.2. The third-order valence-corrected chi connectivity index (χ3v) is 5.28. The van der Waals surface area contributed by atoms with E-state index in [1.807, 2.05) is 0 Å². The van der Waals surface area contributed by atoms with Crippen molar-refractivity contribution in [3.05, 3.63) is 59.7 Å². The van der Waals surface area contributed by atoms with Crippen molar-refractivity contribution in [2.75, 3.05) is 26.0 Å². The summed E-state index contributed by atoms with van der Waals surface area (Å²) in [5.74, 6) is 1.08. The minimum absolute atomic E-state index is 0.0307. The molecular formula is C22H25N3O2S. The molecule has 3 aromatic rings. The number of imidazole rings is 1. The third-order valence-electron chi connectivity index (χ3n) is 4.30. The van der Waals surface area contributed by atoms with Gasteiger partial charge in [-0.15, -0.1) is 0 Å². The van der Waals surface area contributed by atoms with Gasteiger partial charge in [-0.25, -0.2) is 4.98 Å². The number of carbonyl (C=O) groups is 1. The van der Waals surface area contributed by atoms with Crippen LogP contribution in [0.2, 0.25) is 0 Å². The Labute approximate surface area is 169 Å². The Morgan fingerprint density at radius 3 is 2.25 bits per heavy atom. The molecule has 6 heteroatoms. The third kappa shape index (κ3) is 5.24. The van der Waals surface area contributed by atoms with Crippen LogP contribution in [0, 0.1) is 13.8 Å². The highest BCUT2D eigenvalue weighted by Crippen LogP contribution is 2.32. The summed E-state index contributed by atoms with van der Waals surface area (Å²) in [5.41, 5.74) is 5.42. The highest BCUT2D eigenvalue weighted by atomic mass is 32.2. The maximum absolute atomic E-state index is 12.1. The van der Waals surface area contributed by atoms with E-state index in [0.29, 0.717) is 18.9 Å². The summed E-state index contributed by atoms with van der Waals surface area (Å²) in [7, 11) is 1.62. The molecule has 0 aliphatic carbocycles. The lowest BCUT2D eigenvalue weighted by Crippen LogP contribution is -2.28. The molecule has 28 heavy (non-hydrogen) atoms. The number of hydrogen-bond acceptors (Lipinski definition) is 4. The molecule has 146 valence electrons. The van der Waals surface area contributed by atoms with Crippen LogP contribution in [-0.4, -0.2) is 41.9 Å². The lowest BCUT2D eigenvalue weighted by atomic mass is 10.1. The zero-order chi connectivity index (χ0) is 19.9. The lowest BCUT2D eigenvalue weighted by molar-refractivity contribution is -0.118. The van der Waals surface area contributed by atoms with Crippen LogP contribution >= 0.6 is 11.8 Å². The molecule has 0 aliphatic rings. The van der Waals surface area contributed by atoms with Crippen LogP contribution < -0.4 is 5.32 Å². The standard InChI is InChI=1S/C22H25N3O2S/c1-15-4-8-17(9-5-15)20-22(28-14-19(26)23-12-13-27-3)25-21(24-20)18-10-6-16(2)7-11-18/h4-11H,12-14H2,1-3H3,(H,23,26)(H,24,25). The van der Waals surface area contributed by atoms with Crippen LogP contribution in [0.15, 0.2) is 53.6 Å². The Kier molecular flexibility index (Phi) is 6.90. The van der Waals surface area contributed by atoms with Crippen LogP contribution in [0.5, 0.6) is 0 Å². The number of carbonyl (C=O) groups excluding carboxylic acids is 1. The molecule has 0 atom stereocenters. The van der Waals surface area contributed by atoms with E-state index in [4.69, 9.17) is 9.72 Å². The number of nitrogens with zero attached hydrogens (tertiary/aromatic N) is 1. The molecule has 1 heterocycles. The second-order valence-corrected chi connectivity index (χ2v) is 7.59. The molecule has 0 spiro atoms. The van der Waals surface area contributed by atoms with E-state index in [0.717, 1.165) is 27.7 Å². The number of aromatic nitrogens is 2. The average Bonchev–Trinajstić information content (AvgIpc) is 3.12. The first-order valence-corrected chi connectivity index (χ1v) is 10.2. The minimum atomic E-state index is -0.0307. The smallest absolute Gasteiger partial charge is 0.230 e. The number of rotatable bonds is 8. The Morgan fingerprint density at radius 2 is 1.64 bits per heavy atom. The van der Waals surface area contributed by atoms with E-state index in [1.165, 1.54) is 22.9 Å². The van der Waals surface area contributed by atoms with Gasteiger partial charge in [0.05, 0.1) is 18.1 Å². The highest BCUT2D eigenvalue weighted by molar-refractivity contribution is 8.00. The first-order valence-electron chi connectivity index (χ1n) is 9.19. The molecule has 0 saturated heterocycles. The summed E-state index contributed by atoms with van der Waals surface area (Å²) in [4.78, 5) is 20.3. The summed E-state index contributed by atoms with van der Waals surface area (Å²) in [5, 5.41) is 3.66. The largest absolute Gasteiger partial charge is 0.383 e. The zero-order valence-corrected chi connectivity index (χ0v) is 17.2. The molecule has 0 radical (unpaired) electrons. The summed E-state index contributed by atoms with van der Waals surface area (Å²) < 4.78 is 4.96. The van der Waals surface area contributed by atoms with E-state index in [2.05, 4.69) is 72.7 Å². The number of aryl methyl sites for hydroxylation is 2. The predicted molar refractivity (Wildman–Crippen MR) is 115 cm³/mol. The highest BCUT2D eigenvalue weighted by Gasteiger charge is 2.15. The molecule has 0 unspecified atom stereocenters. The van der Waals surface area contributed by atoms with Crippen LogP contribution in [0.25, 0.3) is 22.6 Å². The van der Waals surface area contributed by atoms with Crippen LogP contribution in [0.3, 0.4) is 0 Å². The predicted octanol–water partition coefficient (Wildman–Crippen LogP) is 4.22. The molecule has 0 fully saturated rings. The number of hydrogen-bond donors (Lipinski definition) is 2. The van der Waals surface area contributed by atoms with Gasteiger partial charge >= 0.3 is 0 Å². The number of methoxy groups -OCH3 is 1. The normalized spacial score (nSPS) is 10.8. The van der Waals surface area contributed by atoms with E-state index in [1.54, 1.807) is 7.11 Å². The van der Waals surface area contributed by atoms with E-state index >= 15 is 0 Å². The Bertz CT molecular complexity index is 918. The van der Waals surface area contributed by atoms with Crippen molar-refractivity contribution in [2.24, 2.45) is 0 Å². The molecule has 2 N–H and O–H groups in total. The topological polar surface area (TPSA) is 67.0 Å². The number of ether oxygens (including phenoxy) is 1. The summed E-state index contributed by atoms with van der Waals surface area (Å²) in [6.45, 7) is 5.14. The minimum Gasteiger partial charge on any atom is -0.383 e. The molecular weight excluding hydrogens is 370 g/mol. The number of aromatic amines is 1. The number of benzene rings is 2. The molecule has 1 amide bonds. The molecule has 0 saturated carbocycles. The number of thioether (sulfide) groups is 1. The summed E-state index contributed by atoms with van der Waals surface area (Å²) in [6, 6.07) is 16.5. The first-order chi connectivity index (χ1) is 13.6. The Balaban J connectivity index is 1.84. The van der Waals surface area contributed by atoms with Gasteiger partial charge in [0.1, 0.15) is 10.9 Å². The molecule has 0 aliphatic heterocycles. The van der Waals surface area contributed by atoms with Gasteiger partial charge in [0.15, 0.2) is 0 Å². The number of amides is 1. The number of H-pyrrole nitrogens is 1. The van der Waals surface area contributed by atoms with E-state index < -0.39 is 0 Å². The van der Waals surface area contributed by atoms with Crippen molar-refractivity contribution in [1.82, 2.24) is 15.3 Å². The zero-order valence-electron chi connectivity index (χ0n) is 16.4. The average molecular weight is 396 g/mol. The fourth-order valence-electron chi connectivity index (χ4n) is 2.70. The van der Waals surface area contributed by atoms with Crippen molar-refractivity contribution in [3.8, 4) is 22.6 Å². The van der Waals surface area contributed by atoms with Crippen molar-refractivity contribution in [3.63, 3.8) is 0 Å². The fourth-order valence-corrected chi connectivity index (χ4v) is 3.54. The molecule has 0 bridgehead atoms. The molecule has 5 nitrogen and oxygen atoms in total. The monoisotopic (exact) mass is 395 g/mol. The van der Waals surface area contributed by atoms with E-state index in [9.17, 15) is 4.79 Å². The van der Waals surface area contributed by atoms with Gasteiger partial charge in [-0.1, -0.05) is 71.4 Å². The molecule has 2 aromatic carbocycles. The fraction of sp³-hybridized carbons (Fsp3) is 0.273. The van der Waals surface area contributed by atoms with Crippen molar-refractivity contribution in [2.45, 2.75) is 18.9 Å². The van der Waals surface area contributed by atoms with Gasteiger partial charge in [-0.3, -0.25) is 4.79 Å².